The van der Waals surface area contributed by atoms with Crippen molar-refractivity contribution >= 4 is 56.5 Å². The molecule has 0 saturated carbocycles. The van der Waals surface area contributed by atoms with E-state index < -0.39 is 6.04 Å². The molecule has 2 aliphatic rings. The number of likely N-dealkylation sites (tertiary alicyclic amines) is 1. The van der Waals surface area contributed by atoms with E-state index in [2.05, 4.69) is 15.6 Å². The minimum atomic E-state index is -0.745. The Morgan fingerprint density at radius 1 is 1.16 bits per heavy atom. The van der Waals surface area contributed by atoms with Gasteiger partial charge in [-0.2, -0.15) is 0 Å². The first kappa shape index (κ1) is 28.6. The molecule has 6 rings (SSSR count). The fourth-order valence-corrected chi connectivity index (χ4v) is 6.60. The Morgan fingerprint density at radius 2 is 1.98 bits per heavy atom. The van der Waals surface area contributed by atoms with E-state index in [1.165, 1.54) is 18.4 Å². The summed E-state index contributed by atoms with van der Waals surface area (Å²) in [5.41, 5.74) is 8.56. The first-order valence-electron chi connectivity index (χ1n) is 14.0. The van der Waals surface area contributed by atoms with E-state index in [0.29, 0.717) is 51.0 Å². The van der Waals surface area contributed by atoms with E-state index in [9.17, 15) is 14.4 Å². The quantitative estimate of drug-likeness (QED) is 0.265. The van der Waals surface area contributed by atoms with Gasteiger partial charge in [-0.3, -0.25) is 14.5 Å². The number of nitrogens with two attached hydrogens (primary N) is 1. The number of nitrogens with zero attached hydrogens (tertiary/aromatic N) is 3. The van der Waals surface area contributed by atoms with Crippen LogP contribution in [0.4, 0.5) is 21.9 Å². The van der Waals surface area contributed by atoms with Crippen LogP contribution in [-0.2, 0) is 9.53 Å². The normalized spacial score (nSPS) is 17.0. The number of anilines is 3. The molecule has 222 valence electrons. The summed E-state index contributed by atoms with van der Waals surface area (Å²) in [6.45, 7) is 2.99. The van der Waals surface area contributed by atoms with Crippen molar-refractivity contribution in [3.63, 3.8) is 0 Å². The highest BCUT2D eigenvalue weighted by molar-refractivity contribution is 7.21. The number of methoxy groups -OCH3 is 1. The first-order chi connectivity index (χ1) is 20.8. The summed E-state index contributed by atoms with van der Waals surface area (Å²) >= 11 is 1.22. The lowest BCUT2D eigenvalue weighted by molar-refractivity contribution is -0.135. The van der Waals surface area contributed by atoms with Crippen LogP contribution in [0.15, 0.2) is 60.8 Å². The Balaban J connectivity index is 1.25. The van der Waals surface area contributed by atoms with Crippen LogP contribution in [0.3, 0.4) is 0 Å². The van der Waals surface area contributed by atoms with Gasteiger partial charge in [-0.1, -0.05) is 18.2 Å². The van der Waals surface area contributed by atoms with Gasteiger partial charge in [-0.05, 0) is 61.7 Å². The van der Waals surface area contributed by atoms with Gasteiger partial charge >= 0.3 is 6.03 Å². The van der Waals surface area contributed by atoms with Gasteiger partial charge in [0.2, 0.25) is 5.91 Å². The lowest BCUT2D eigenvalue weighted by Crippen LogP contribution is -2.54. The molecule has 4 amide bonds. The van der Waals surface area contributed by atoms with Crippen molar-refractivity contribution in [2.45, 2.75) is 31.8 Å². The molecular formula is C31H32N6O5S. The van der Waals surface area contributed by atoms with Crippen LogP contribution in [0, 0.1) is 6.92 Å². The zero-order valence-electron chi connectivity index (χ0n) is 23.8. The third kappa shape index (κ3) is 5.64. The summed E-state index contributed by atoms with van der Waals surface area (Å²) in [5, 5.41) is 6.71. The third-order valence-electron chi connectivity index (χ3n) is 7.57. The molecule has 2 aliphatic heterocycles. The Bertz CT molecular complexity index is 1690. The zero-order valence-corrected chi connectivity index (χ0v) is 24.6. The summed E-state index contributed by atoms with van der Waals surface area (Å²) in [5.74, 6) is 0.853. The Labute approximate surface area is 252 Å². The topological polar surface area (TPSA) is 139 Å². The predicted octanol–water partition coefficient (Wildman–Crippen LogP) is 4.78. The SMILES string of the molecule is COCC(N)C(=O)N1CCC[C@@H](NC(=O)c2sc3nccc4c3c2NC(=O)N4c2ccc(Oc3ccccc3)cc2C)C1. The molecule has 1 fully saturated rings. The van der Waals surface area contributed by atoms with Crippen molar-refractivity contribution in [1.29, 1.82) is 0 Å². The highest BCUT2D eigenvalue weighted by atomic mass is 32.1. The molecular weight excluding hydrogens is 568 g/mol. The molecule has 0 bridgehead atoms. The minimum absolute atomic E-state index is 0.134. The molecule has 1 saturated heterocycles. The smallest absolute Gasteiger partial charge is 0.331 e. The first-order valence-corrected chi connectivity index (χ1v) is 14.9. The highest BCUT2D eigenvalue weighted by Gasteiger charge is 2.34. The number of benzene rings is 2. The third-order valence-corrected chi connectivity index (χ3v) is 8.67. The summed E-state index contributed by atoms with van der Waals surface area (Å²) in [6.07, 6.45) is 3.10. The number of rotatable bonds is 8. The van der Waals surface area contributed by atoms with E-state index in [0.717, 1.165) is 24.2 Å². The molecule has 0 radical (unpaired) electrons. The average Bonchev–Trinajstić information content (AvgIpc) is 3.38. The molecule has 43 heavy (non-hydrogen) atoms. The van der Waals surface area contributed by atoms with Crippen molar-refractivity contribution in [3.05, 3.63) is 71.2 Å². The van der Waals surface area contributed by atoms with Crippen LogP contribution in [0.5, 0.6) is 11.5 Å². The van der Waals surface area contributed by atoms with Gasteiger partial charge in [0.05, 0.1) is 29.1 Å². The largest absolute Gasteiger partial charge is 0.457 e. The summed E-state index contributed by atoms with van der Waals surface area (Å²) in [7, 11) is 1.50. The van der Waals surface area contributed by atoms with Gasteiger partial charge in [0.1, 0.15) is 27.2 Å². The minimum Gasteiger partial charge on any atom is -0.457 e. The van der Waals surface area contributed by atoms with Gasteiger partial charge in [-0.25, -0.2) is 9.78 Å². The van der Waals surface area contributed by atoms with Crippen LogP contribution >= 0.6 is 11.3 Å². The van der Waals surface area contributed by atoms with Crippen LogP contribution < -0.4 is 26.0 Å². The number of carbonyl (C=O) groups is 3. The maximum Gasteiger partial charge on any atom is 0.331 e. The molecule has 12 heteroatoms. The maximum atomic E-state index is 13.6. The molecule has 2 aromatic heterocycles. The summed E-state index contributed by atoms with van der Waals surface area (Å²) in [6, 6.07) is 15.4. The second-order valence-electron chi connectivity index (χ2n) is 10.6. The Hall–Kier alpha value is -4.52. The molecule has 2 aromatic carbocycles. The van der Waals surface area contributed by atoms with Crippen molar-refractivity contribution in [3.8, 4) is 11.5 Å². The number of carbonyl (C=O) groups excluding carboxylic acids is 3. The van der Waals surface area contributed by atoms with Crippen molar-refractivity contribution in [2.24, 2.45) is 5.73 Å². The van der Waals surface area contributed by atoms with E-state index in [1.807, 2.05) is 55.5 Å². The molecule has 1 unspecified atom stereocenters. The van der Waals surface area contributed by atoms with Gasteiger partial charge in [0, 0.05) is 32.4 Å². The monoisotopic (exact) mass is 600 g/mol. The molecule has 11 nitrogen and oxygen atoms in total. The second kappa shape index (κ2) is 12.0. The van der Waals surface area contributed by atoms with Crippen molar-refractivity contribution in [1.82, 2.24) is 15.2 Å². The number of aryl methyl sites for hydroxylation is 1. The number of aromatic nitrogens is 1. The number of thiophene rings is 1. The number of ether oxygens (including phenoxy) is 2. The van der Waals surface area contributed by atoms with Gasteiger partial charge in [-0.15, -0.1) is 11.3 Å². The lowest BCUT2D eigenvalue weighted by Gasteiger charge is -2.34. The van der Waals surface area contributed by atoms with E-state index in [-0.39, 0.29) is 30.5 Å². The van der Waals surface area contributed by atoms with E-state index in [4.69, 9.17) is 15.2 Å². The molecule has 4 heterocycles. The van der Waals surface area contributed by atoms with Gasteiger partial charge in [0.25, 0.3) is 5.91 Å². The van der Waals surface area contributed by atoms with Crippen LogP contribution in [-0.4, -0.2) is 66.6 Å². The second-order valence-corrected chi connectivity index (χ2v) is 11.6. The Kier molecular flexibility index (Phi) is 7.98. The summed E-state index contributed by atoms with van der Waals surface area (Å²) < 4.78 is 11.0. The average molecular weight is 601 g/mol. The molecule has 2 atom stereocenters. The molecule has 0 aliphatic carbocycles. The fraction of sp³-hybridized carbons (Fsp3) is 0.290. The highest BCUT2D eigenvalue weighted by Crippen LogP contribution is 2.46. The number of urea groups is 1. The molecule has 0 spiro atoms. The van der Waals surface area contributed by atoms with Gasteiger partial charge < -0.3 is 30.7 Å². The number of amides is 4. The number of hydrogen-bond donors (Lipinski definition) is 3. The number of hydrogen-bond acceptors (Lipinski definition) is 8. The standard InChI is InChI=1S/C31H32N6O5S/c1-18-15-21(42-20-8-4-3-5-9-20)10-11-23(18)37-24-12-13-33-29-25(24)26(35-31(37)40)27(43-29)28(38)34-19-7-6-14-36(16-19)30(39)22(32)17-41-2/h3-5,8-13,15,19,22H,6-7,14,16-17,32H2,1-2H3,(H,34,38)(H,35,40)/t19-,22?/m1/s1. The maximum absolute atomic E-state index is 13.6. The summed E-state index contributed by atoms with van der Waals surface area (Å²) in [4.78, 5) is 48.6. The number of nitrogens with one attached hydrogen (secondary N) is 2. The number of pyridine rings is 1. The van der Waals surface area contributed by atoms with Crippen LogP contribution in [0.2, 0.25) is 0 Å². The van der Waals surface area contributed by atoms with Crippen molar-refractivity contribution in [2.75, 3.05) is 37.0 Å². The number of para-hydroxylation sites is 1. The molecule has 4 aromatic rings. The predicted molar refractivity (Wildman–Crippen MR) is 165 cm³/mol. The van der Waals surface area contributed by atoms with E-state index in [1.54, 1.807) is 22.1 Å². The fourth-order valence-electron chi connectivity index (χ4n) is 5.58. The van der Waals surface area contributed by atoms with Crippen molar-refractivity contribution < 1.29 is 23.9 Å². The van der Waals surface area contributed by atoms with E-state index >= 15 is 0 Å². The van der Waals surface area contributed by atoms with Gasteiger partial charge in [0.15, 0.2) is 0 Å². The molecule has 4 N–H and O–H groups in total. The zero-order chi connectivity index (χ0) is 30.1. The van der Waals surface area contributed by atoms with Crippen LogP contribution in [0.1, 0.15) is 28.1 Å². The Morgan fingerprint density at radius 3 is 2.74 bits per heavy atom. The van der Waals surface area contributed by atoms with Crippen LogP contribution in [0.25, 0.3) is 10.2 Å². The lowest BCUT2D eigenvalue weighted by atomic mass is 10.0. The number of piperidine rings is 1.